The van der Waals surface area contributed by atoms with Crippen LogP contribution in [-0.4, -0.2) is 53.9 Å². The molecule has 0 aromatic rings. The molecule has 0 unspecified atom stereocenters. The van der Waals surface area contributed by atoms with Crippen LogP contribution >= 0.6 is 12.2 Å². The summed E-state index contributed by atoms with van der Waals surface area (Å²) in [5, 5.41) is 0. The number of nitrogens with zero attached hydrogens (tertiary/aromatic N) is 2. The van der Waals surface area contributed by atoms with Crippen molar-refractivity contribution in [1.82, 2.24) is 9.80 Å². The Labute approximate surface area is 115 Å². The first-order valence-corrected chi connectivity index (χ1v) is 7.18. The molecule has 0 bridgehead atoms. The Morgan fingerprint density at radius 2 is 2.00 bits per heavy atom. The van der Waals surface area contributed by atoms with E-state index >= 15 is 0 Å². The predicted octanol–water partition coefficient (Wildman–Crippen LogP) is 1.24. The minimum Gasteiger partial charge on any atom is -0.393 e. The molecule has 104 valence electrons. The monoisotopic (exact) mass is 271 g/mol. The molecule has 1 rings (SSSR count). The van der Waals surface area contributed by atoms with Gasteiger partial charge in [0.15, 0.2) is 0 Å². The summed E-state index contributed by atoms with van der Waals surface area (Å²) in [6, 6.07) is 0. The average molecular weight is 271 g/mol. The third kappa shape index (κ3) is 6.31. The number of hydrogen-bond donors (Lipinski definition) is 1. The van der Waals surface area contributed by atoms with Crippen LogP contribution in [0.2, 0.25) is 0 Å². The lowest BCUT2D eigenvalue weighted by atomic mass is 10.3. The lowest BCUT2D eigenvalue weighted by Crippen LogP contribution is -2.34. The van der Waals surface area contributed by atoms with Crippen LogP contribution in [0.5, 0.6) is 0 Å². The maximum atomic E-state index is 11.9. The Bertz CT molecular complexity index is 292. The van der Waals surface area contributed by atoms with Gasteiger partial charge in [-0.15, -0.1) is 0 Å². The molecule has 0 spiro atoms. The first-order valence-electron chi connectivity index (χ1n) is 6.77. The maximum Gasteiger partial charge on any atom is 0.223 e. The highest BCUT2D eigenvalue weighted by molar-refractivity contribution is 7.80. The van der Waals surface area contributed by atoms with Crippen molar-refractivity contribution in [2.75, 3.05) is 33.2 Å². The van der Waals surface area contributed by atoms with Crippen LogP contribution in [0.25, 0.3) is 0 Å². The van der Waals surface area contributed by atoms with Crippen molar-refractivity contribution in [1.29, 1.82) is 0 Å². The molecule has 0 radical (unpaired) electrons. The third-order valence-corrected chi connectivity index (χ3v) is 3.63. The van der Waals surface area contributed by atoms with Crippen LogP contribution < -0.4 is 5.73 Å². The average Bonchev–Trinajstić information content (AvgIpc) is 3.14. The van der Waals surface area contributed by atoms with Crippen LogP contribution in [0.1, 0.15) is 32.6 Å². The first kappa shape index (κ1) is 15.4. The second-order valence-electron chi connectivity index (χ2n) is 5.12. The largest absolute Gasteiger partial charge is 0.393 e. The zero-order chi connectivity index (χ0) is 13.5. The number of rotatable bonds is 9. The zero-order valence-corrected chi connectivity index (χ0v) is 12.3. The fourth-order valence-electron chi connectivity index (χ4n) is 1.89. The van der Waals surface area contributed by atoms with Gasteiger partial charge < -0.3 is 15.5 Å². The highest BCUT2D eigenvalue weighted by atomic mass is 32.1. The summed E-state index contributed by atoms with van der Waals surface area (Å²) in [5.74, 6) is 1.06. The fourth-order valence-corrected chi connectivity index (χ4v) is 1.98. The molecule has 1 fully saturated rings. The van der Waals surface area contributed by atoms with Gasteiger partial charge in [0.2, 0.25) is 5.91 Å². The number of carbonyl (C=O) groups is 1. The number of nitrogens with two attached hydrogens (primary N) is 1. The van der Waals surface area contributed by atoms with Crippen molar-refractivity contribution in [3.63, 3.8) is 0 Å². The van der Waals surface area contributed by atoms with Gasteiger partial charge in [-0.3, -0.25) is 4.79 Å². The van der Waals surface area contributed by atoms with E-state index in [0.29, 0.717) is 24.4 Å². The van der Waals surface area contributed by atoms with Gasteiger partial charge in [0.25, 0.3) is 0 Å². The summed E-state index contributed by atoms with van der Waals surface area (Å²) in [7, 11) is 1.82. The molecule has 1 aliphatic carbocycles. The third-order valence-electron chi connectivity index (χ3n) is 3.42. The van der Waals surface area contributed by atoms with Gasteiger partial charge in [0.05, 0.1) is 4.99 Å². The molecule has 5 heteroatoms. The van der Waals surface area contributed by atoms with E-state index < -0.39 is 0 Å². The SMILES string of the molecule is CCN(CCC(=O)N(C)CCC(N)=S)CC1CC1. The smallest absolute Gasteiger partial charge is 0.223 e. The Balaban J connectivity index is 2.18. The fraction of sp³-hybridized carbons (Fsp3) is 0.846. The number of amides is 1. The van der Waals surface area contributed by atoms with Crippen LogP contribution in [0, 0.1) is 5.92 Å². The molecule has 0 aromatic heterocycles. The van der Waals surface area contributed by atoms with Gasteiger partial charge >= 0.3 is 0 Å². The van der Waals surface area contributed by atoms with E-state index in [1.54, 1.807) is 4.90 Å². The Morgan fingerprint density at radius 3 is 2.50 bits per heavy atom. The maximum absolute atomic E-state index is 11.9. The molecule has 0 heterocycles. The minimum absolute atomic E-state index is 0.181. The molecule has 0 aliphatic heterocycles. The molecule has 1 aliphatic rings. The number of carbonyl (C=O) groups excluding carboxylic acids is 1. The van der Waals surface area contributed by atoms with Gasteiger partial charge in [-0.05, 0) is 25.3 Å². The Kier molecular flexibility index (Phi) is 6.57. The van der Waals surface area contributed by atoms with E-state index in [4.69, 9.17) is 18.0 Å². The standard InChI is InChI=1S/C13H25N3OS/c1-3-16(10-11-4-5-11)9-7-13(17)15(2)8-6-12(14)18/h11H,3-10H2,1-2H3,(H2,14,18). The normalized spacial score (nSPS) is 14.8. The zero-order valence-electron chi connectivity index (χ0n) is 11.5. The van der Waals surface area contributed by atoms with Crippen molar-refractivity contribution in [3.05, 3.63) is 0 Å². The molecule has 1 amide bonds. The highest BCUT2D eigenvalue weighted by Crippen LogP contribution is 2.29. The van der Waals surface area contributed by atoms with Crippen molar-refractivity contribution >= 4 is 23.1 Å². The topological polar surface area (TPSA) is 49.6 Å². The van der Waals surface area contributed by atoms with Crippen molar-refractivity contribution in [2.24, 2.45) is 11.7 Å². The van der Waals surface area contributed by atoms with Gasteiger partial charge in [-0.2, -0.15) is 0 Å². The number of hydrogen-bond acceptors (Lipinski definition) is 3. The first-order chi connectivity index (χ1) is 8.52. The summed E-state index contributed by atoms with van der Waals surface area (Å²) >= 11 is 4.81. The highest BCUT2D eigenvalue weighted by Gasteiger charge is 2.23. The predicted molar refractivity (Wildman–Crippen MR) is 78.5 cm³/mol. The van der Waals surface area contributed by atoms with E-state index in [2.05, 4.69) is 11.8 Å². The molecule has 1 saturated carbocycles. The number of thiocarbonyl (C=S) groups is 1. The molecular formula is C13H25N3OS. The van der Waals surface area contributed by atoms with E-state index in [9.17, 15) is 4.79 Å². The van der Waals surface area contributed by atoms with Gasteiger partial charge in [0, 0.05) is 39.5 Å². The van der Waals surface area contributed by atoms with Crippen LogP contribution in [0.15, 0.2) is 0 Å². The van der Waals surface area contributed by atoms with Gasteiger partial charge in [-0.25, -0.2) is 0 Å². The molecule has 2 N–H and O–H groups in total. The van der Waals surface area contributed by atoms with Crippen molar-refractivity contribution in [2.45, 2.75) is 32.6 Å². The summed E-state index contributed by atoms with van der Waals surface area (Å²) in [4.78, 5) is 16.5. The van der Waals surface area contributed by atoms with E-state index in [1.165, 1.54) is 12.8 Å². The molecule has 0 atom stereocenters. The summed E-state index contributed by atoms with van der Waals surface area (Å²) < 4.78 is 0. The van der Waals surface area contributed by atoms with Crippen molar-refractivity contribution < 1.29 is 4.79 Å². The van der Waals surface area contributed by atoms with Gasteiger partial charge in [0.1, 0.15) is 0 Å². The van der Waals surface area contributed by atoms with E-state index in [0.717, 1.165) is 25.6 Å². The van der Waals surface area contributed by atoms with E-state index in [-0.39, 0.29) is 5.91 Å². The second-order valence-corrected chi connectivity index (χ2v) is 5.64. The molecule has 0 aromatic carbocycles. The van der Waals surface area contributed by atoms with Crippen LogP contribution in [0.4, 0.5) is 0 Å². The van der Waals surface area contributed by atoms with Crippen molar-refractivity contribution in [3.8, 4) is 0 Å². The van der Waals surface area contributed by atoms with Crippen LogP contribution in [0.3, 0.4) is 0 Å². The molecular weight excluding hydrogens is 246 g/mol. The van der Waals surface area contributed by atoms with Crippen LogP contribution in [-0.2, 0) is 4.79 Å². The second kappa shape index (κ2) is 7.69. The lowest BCUT2D eigenvalue weighted by Gasteiger charge is -2.22. The lowest BCUT2D eigenvalue weighted by molar-refractivity contribution is -0.130. The Morgan fingerprint density at radius 1 is 1.33 bits per heavy atom. The molecule has 0 saturated heterocycles. The minimum atomic E-state index is 0.181. The summed E-state index contributed by atoms with van der Waals surface area (Å²) in [6.07, 6.45) is 3.92. The molecule has 4 nitrogen and oxygen atoms in total. The molecule has 18 heavy (non-hydrogen) atoms. The summed E-state index contributed by atoms with van der Waals surface area (Å²) in [5.41, 5.74) is 5.43. The Hall–Kier alpha value is -0.680. The quantitative estimate of drug-likeness (QED) is 0.641. The summed E-state index contributed by atoms with van der Waals surface area (Å²) in [6.45, 7) is 5.83. The van der Waals surface area contributed by atoms with E-state index in [1.807, 2.05) is 7.05 Å². The van der Waals surface area contributed by atoms with Gasteiger partial charge in [-0.1, -0.05) is 19.1 Å².